The summed E-state index contributed by atoms with van der Waals surface area (Å²) in [6.45, 7) is 7.43. The highest BCUT2D eigenvalue weighted by Gasteiger charge is 2.20. The highest BCUT2D eigenvalue weighted by Crippen LogP contribution is 2.35. The van der Waals surface area contributed by atoms with E-state index in [1.165, 1.54) is 5.56 Å². The molecule has 0 spiro atoms. The molecule has 156 valence electrons. The molecular weight excluding hydrogens is 386 g/mol. The molecule has 0 aliphatic rings. The molecule has 2 aromatic heterocycles. The number of aromatic nitrogens is 2. The molecule has 3 aromatic rings. The van der Waals surface area contributed by atoms with Gasteiger partial charge < -0.3 is 14.9 Å². The summed E-state index contributed by atoms with van der Waals surface area (Å²) in [6.07, 6.45) is 0.313. The zero-order chi connectivity index (χ0) is 22.1. The lowest BCUT2D eigenvalue weighted by Crippen LogP contribution is -2.29. The van der Waals surface area contributed by atoms with E-state index < -0.39 is 12.5 Å². The van der Waals surface area contributed by atoms with Crippen LogP contribution in [0.5, 0.6) is 17.4 Å². The number of carboxylic acids is 1. The Balaban J connectivity index is 1.95. The summed E-state index contributed by atoms with van der Waals surface area (Å²) in [6, 6.07) is 10.9. The number of fused-ring (bicyclic) bond motifs is 1. The Bertz CT molecular complexity index is 1100. The van der Waals surface area contributed by atoms with Gasteiger partial charge in [-0.05, 0) is 36.1 Å². The van der Waals surface area contributed by atoms with Gasteiger partial charge in [0.25, 0.3) is 0 Å². The molecule has 0 fully saturated rings. The third-order valence-corrected chi connectivity index (χ3v) is 4.60. The number of pyridine rings is 2. The van der Waals surface area contributed by atoms with Crippen LogP contribution in [0.2, 0.25) is 0 Å². The van der Waals surface area contributed by atoms with Crippen molar-refractivity contribution in [3.63, 3.8) is 0 Å². The summed E-state index contributed by atoms with van der Waals surface area (Å²) in [5, 5.41) is 19.8. The van der Waals surface area contributed by atoms with Gasteiger partial charge in [0, 0.05) is 11.5 Å². The Labute approximate surface area is 173 Å². The van der Waals surface area contributed by atoms with E-state index in [0.29, 0.717) is 34.6 Å². The second kappa shape index (κ2) is 7.98. The Hall–Kier alpha value is -3.68. The van der Waals surface area contributed by atoms with E-state index in [-0.39, 0.29) is 17.0 Å². The van der Waals surface area contributed by atoms with Gasteiger partial charge in [0.1, 0.15) is 12.3 Å². The first kappa shape index (κ1) is 21.0. The molecule has 0 bridgehead atoms. The fourth-order valence-electron chi connectivity index (χ4n) is 3.00. The summed E-state index contributed by atoms with van der Waals surface area (Å²) in [7, 11) is 0. The second-order valence-corrected chi connectivity index (χ2v) is 7.92. The minimum Gasteiger partial charge on any atom is -0.504 e. The van der Waals surface area contributed by atoms with Crippen molar-refractivity contribution in [3.05, 3.63) is 47.7 Å². The molecule has 0 aliphatic heterocycles. The molecule has 2 heterocycles. The van der Waals surface area contributed by atoms with Crippen LogP contribution in [0.25, 0.3) is 10.9 Å². The van der Waals surface area contributed by atoms with Crippen LogP contribution < -0.4 is 9.64 Å². The maximum Gasteiger partial charge on any atom is 0.323 e. The fourth-order valence-corrected chi connectivity index (χ4v) is 3.00. The molecule has 0 saturated carbocycles. The van der Waals surface area contributed by atoms with Gasteiger partial charge in [0.15, 0.2) is 11.6 Å². The first-order valence-electron chi connectivity index (χ1n) is 9.32. The monoisotopic (exact) mass is 409 g/mol. The van der Waals surface area contributed by atoms with Crippen molar-refractivity contribution >= 4 is 29.1 Å². The second-order valence-electron chi connectivity index (χ2n) is 7.92. The van der Waals surface area contributed by atoms with E-state index >= 15 is 0 Å². The number of rotatable bonds is 6. The van der Waals surface area contributed by atoms with Crippen molar-refractivity contribution in [1.82, 2.24) is 9.97 Å². The average molecular weight is 409 g/mol. The largest absolute Gasteiger partial charge is 0.504 e. The first-order chi connectivity index (χ1) is 14.1. The number of aromatic hydroxyl groups is 1. The van der Waals surface area contributed by atoms with E-state index in [0.717, 1.165) is 4.90 Å². The van der Waals surface area contributed by atoms with E-state index in [2.05, 4.69) is 30.7 Å². The number of benzene rings is 1. The van der Waals surface area contributed by atoms with Gasteiger partial charge in [-0.3, -0.25) is 14.5 Å². The normalized spacial score (nSPS) is 11.3. The minimum absolute atomic E-state index is 0.0355. The third-order valence-electron chi connectivity index (χ3n) is 4.60. The van der Waals surface area contributed by atoms with Crippen molar-refractivity contribution < 1.29 is 24.5 Å². The lowest BCUT2D eigenvalue weighted by atomic mass is 9.87. The highest BCUT2D eigenvalue weighted by atomic mass is 16.5. The van der Waals surface area contributed by atoms with Crippen LogP contribution in [0.1, 0.15) is 32.0 Å². The minimum atomic E-state index is -1.22. The number of hydrogen-bond donors (Lipinski definition) is 2. The van der Waals surface area contributed by atoms with Gasteiger partial charge in [-0.2, -0.15) is 0 Å². The number of ether oxygens (including phenoxy) is 1. The molecule has 2 N–H and O–H groups in total. The van der Waals surface area contributed by atoms with Crippen molar-refractivity contribution in [2.45, 2.75) is 33.1 Å². The van der Waals surface area contributed by atoms with Crippen LogP contribution in [0.15, 0.2) is 36.4 Å². The molecule has 0 atom stereocenters. The van der Waals surface area contributed by atoms with Crippen LogP contribution in [0, 0.1) is 6.92 Å². The molecule has 0 unspecified atom stereocenters. The lowest BCUT2D eigenvalue weighted by molar-refractivity contribution is -0.136. The SMILES string of the molecule is Cc1nc(N(C=O)CC(=O)O)c(O)c2ccc(Oc3ccc(C(C)(C)C)cc3)nc12. The molecule has 0 saturated heterocycles. The Morgan fingerprint density at radius 3 is 2.37 bits per heavy atom. The number of anilines is 1. The first-order valence-corrected chi connectivity index (χ1v) is 9.32. The van der Waals surface area contributed by atoms with Crippen LogP contribution in [-0.4, -0.2) is 39.1 Å². The smallest absolute Gasteiger partial charge is 0.323 e. The molecule has 1 aromatic carbocycles. The van der Waals surface area contributed by atoms with Gasteiger partial charge >= 0.3 is 5.97 Å². The topological polar surface area (TPSA) is 113 Å². The summed E-state index contributed by atoms with van der Waals surface area (Å²) >= 11 is 0. The van der Waals surface area contributed by atoms with Crippen LogP contribution in [0.3, 0.4) is 0 Å². The van der Waals surface area contributed by atoms with Gasteiger partial charge in [-0.15, -0.1) is 0 Å². The maximum atomic E-state index is 11.3. The van der Waals surface area contributed by atoms with E-state index in [1.54, 1.807) is 19.1 Å². The summed E-state index contributed by atoms with van der Waals surface area (Å²) in [5.41, 5.74) is 2.03. The number of carboxylic acid groups (broad SMARTS) is 1. The molecule has 0 radical (unpaired) electrons. The molecule has 1 amide bonds. The number of aryl methyl sites for hydroxylation is 1. The Kier molecular flexibility index (Phi) is 5.60. The summed E-state index contributed by atoms with van der Waals surface area (Å²) < 4.78 is 5.84. The molecule has 8 nitrogen and oxygen atoms in total. The standard InChI is InChI=1S/C22H23N3O5/c1-13-19-16(20(29)21(23-13)25(12-26)11-18(27)28)9-10-17(24-19)30-15-7-5-14(6-8-15)22(2,3)4/h5-10,12,29H,11H2,1-4H3,(H,27,28). The van der Waals surface area contributed by atoms with Gasteiger partial charge in [0.2, 0.25) is 12.3 Å². The predicted molar refractivity (Wildman–Crippen MR) is 112 cm³/mol. The van der Waals surface area contributed by atoms with E-state index in [4.69, 9.17) is 9.84 Å². The number of aliphatic carboxylic acids is 1. The zero-order valence-corrected chi connectivity index (χ0v) is 17.2. The molecule has 0 aliphatic carbocycles. The Morgan fingerprint density at radius 2 is 1.80 bits per heavy atom. The van der Waals surface area contributed by atoms with E-state index in [1.807, 2.05) is 24.3 Å². The molecule has 3 rings (SSSR count). The molecular formula is C22H23N3O5. The lowest BCUT2D eigenvalue weighted by Gasteiger charge is -2.19. The van der Waals surface area contributed by atoms with Gasteiger partial charge in [-0.25, -0.2) is 9.97 Å². The number of amides is 1. The van der Waals surface area contributed by atoms with Crippen molar-refractivity contribution in [2.24, 2.45) is 0 Å². The highest BCUT2D eigenvalue weighted by molar-refractivity contribution is 5.95. The third kappa shape index (κ3) is 4.32. The Morgan fingerprint density at radius 1 is 1.13 bits per heavy atom. The summed E-state index contributed by atoms with van der Waals surface area (Å²) in [5.74, 6) is -0.737. The average Bonchev–Trinajstić information content (AvgIpc) is 2.68. The predicted octanol–water partition coefficient (Wildman–Crippen LogP) is 3.78. The summed E-state index contributed by atoms with van der Waals surface area (Å²) in [4.78, 5) is 31.6. The van der Waals surface area contributed by atoms with Gasteiger partial charge in [0.05, 0.1) is 11.2 Å². The number of carbonyl (C=O) groups is 2. The van der Waals surface area contributed by atoms with Crippen LogP contribution >= 0.6 is 0 Å². The number of hydrogen-bond acceptors (Lipinski definition) is 6. The zero-order valence-electron chi connectivity index (χ0n) is 17.2. The van der Waals surface area contributed by atoms with E-state index in [9.17, 15) is 14.7 Å². The molecule has 30 heavy (non-hydrogen) atoms. The number of carbonyl (C=O) groups excluding carboxylic acids is 1. The molecule has 8 heteroatoms. The number of nitrogens with zero attached hydrogens (tertiary/aromatic N) is 3. The van der Waals surface area contributed by atoms with Crippen molar-refractivity contribution in [3.8, 4) is 17.4 Å². The van der Waals surface area contributed by atoms with Crippen molar-refractivity contribution in [1.29, 1.82) is 0 Å². The van der Waals surface area contributed by atoms with Gasteiger partial charge in [-0.1, -0.05) is 32.9 Å². The maximum absolute atomic E-state index is 11.3. The van der Waals surface area contributed by atoms with Crippen LogP contribution in [0.4, 0.5) is 5.82 Å². The van der Waals surface area contributed by atoms with Crippen molar-refractivity contribution in [2.75, 3.05) is 11.4 Å². The fraction of sp³-hybridized carbons (Fsp3) is 0.273. The van der Waals surface area contributed by atoms with Crippen LogP contribution in [-0.2, 0) is 15.0 Å². The quantitative estimate of drug-likeness (QED) is 0.596.